The fourth-order valence-electron chi connectivity index (χ4n) is 4.62. The summed E-state index contributed by atoms with van der Waals surface area (Å²) in [5.41, 5.74) is 3.18. The van der Waals surface area contributed by atoms with Gasteiger partial charge in [0.2, 0.25) is 15.9 Å². The van der Waals surface area contributed by atoms with Crippen molar-refractivity contribution in [3.8, 4) is 0 Å². The second kappa shape index (κ2) is 9.95. The van der Waals surface area contributed by atoms with E-state index in [-0.39, 0.29) is 27.9 Å². The molecular formula is C27H23Cl2N3O4S. The normalized spacial score (nSPS) is 16.3. The summed E-state index contributed by atoms with van der Waals surface area (Å²) in [6, 6.07) is 17.5. The molecule has 0 saturated carbocycles. The van der Waals surface area contributed by atoms with Gasteiger partial charge in [-0.05, 0) is 55.3 Å². The van der Waals surface area contributed by atoms with Gasteiger partial charge in [-0.1, -0.05) is 59.1 Å². The minimum atomic E-state index is -4.31. The maximum Gasteiger partial charge on any atom is 0.252 e. The molecule has 1 N–H and O–H groups in total. The monoisotopic (exact) mass is 555 g/mol. The van der Waals surface area contributed by atoms with Crippen LogP contribution < -0.4 is 4.90 Å². The van der Waals surface area contributed by atoms with Gasteiger partial charge in [-0.3, -0.25) is 9.59 Å². The van der Waals surface area contributed by atoms with Crippen LogP contribution in [-0.4, -0.2) is 42.1 Å². The maximum absolute atomic E-state index is 13.9. The highest BCUT2D eigenvalue weighted by molar-refractivity contribution is 7.89. The summed E-state index contributed by atoms with van der Waals surface area (Å²) in [7, 11) is -4.31. The van der Waals surface area contributed by atoms with Crippen molar-refractivity contribution >= 4 is 61.6 Å². The van der Waals surface area contributed by atoms with Crippen molar-refractivity contribution in [2.24, 2.45) is 0 Å². The Morgan fingerprint density at radius 2 is 1.76 bits per heavy atom. The molecule has 2 heterocycles. The number of nitrogens with one attached hydrogen (secondary N) is 1. The molecule has 0 aliphatic carbocycles. The number of aromatic nitrogens is 1. The van der Waals surface area contributed by atoms with Gasteiger partial charge in [-0.15, -0.1) is 0 Å². The Morgan fingerprint density at radius 3 is 2.51 bits per heavy atom. The molecule has 190 valence electrons. The Bertz CT molecular complexity index is 1620. The molecule has 1 aliphatic heterocycles. The van der Waals surface area contributed by atoms with Crippen molar-refractivity contribution in [2.45, 2.75) is 30.7 Å². The highest BCUT2D eigenvalue weighted by Gasteiger charge is 2.47. The second-order valence-electron chi connectivity index (χ2n) is 8.92. The molecule has 1 saturated heterocycles. The molecule has 10 heteroatoms. The number of carbonyl (C=O) groups is 2. The van der Waals surface area contributed by atoms with E-state index in [2.05, 4.69) is 4.98 Å². The number of aromatic amines is 1. The molecule has 5 rings (SSSR count). The number of benzene rings is 3. The van der Waals surface area contributed by atoms with E-state index in [0.717, 1.165) is 31.2 Å². The molecule has 1 unspecified atom stereocenters. The van der Waals surface area contributed by atoms with Crippen molar-refractivity contribution in [3.63, 3.8) is 0 Å². The van der Waals surface area contributed by atoms with E-state index in [1.807, 2.05) is 37.4 Å². The number of carbonyl (C=O) groups excluding carboxylic acids is 2. The lowest BCUT2D eigenvalue weighted by Crippen LogP contribution is -2.46. The maximum atomic E-state index is 13.9. The number of fused-ring (bicyclic) bond motifs is 1. The van der Waals surface area contributed by atoms with Crippen LogP contribution in [0.25, 0.3) is 10.9 Å². The Labute approximate surface area is 224 Å². The largest absolute Gasteiger partial charge is 0.361 e. The summed E-state index contributed by atoms with van der Waals surface area (Å²) in [6.45, 7) is 1.85. The fourth-order valence-corrected chi connectivity index (χ4v) is 6.94. The predicted octanol–water partition coefficient (Wildman–Crippen LogP) is 5.35. The molecule has 2 amide bonds. The lowest BCUT2D eigenvalue weighted by Gasteiger charge is -2.27. The van der Waals surface area contributed by atoms with Gasteiger partial charge in [0.15, 0.2) is 0 Å². The van der Waals surface area contributed by atoms with Crippen molar-refractivity contribution in [3.05, 3.63) is 94.1 Å². The minimum absolute atomic E-state index is 0.0198. The zero-order valence-corrected chi connectivity index (χ0v) is 22.1. The molecule has 0 bridgehead atoms. The Kier molecular flexibility index (Phi) is 6.85. The smallest absolute Gasteiger partial charge is 0.252 e. The number of amides is 2. The lowest BCUT2D eigenvalue weighted by molar-refractivity contribution is -0.122. The van der Waals surface area contributed by atoms with Crippen LogP contribution in [-0.2, 0) is 26.0 Å². The number of rotatable bonds is 7. The van der Waals surface area contributed by atoms with Crippen LogP contribution in [0.1, 0.15) is 17.5 Å². The number of sulfonamides is 1. The summed E-state index contributed by atoms with van der Waals surface area (Å²) in [6.07, 6.45) is 1.85. The van der Waals surface area contributed by atoms with E-state index >= 15 is 0 Å². The number of anilines is 1. The number of halogens is 2. The summed E-state index contributed by atoms with van der Waals surface area (Å²) in [5, 5.41) is 1.12. The first-order valence-electron chi connectivity index (χ1n) is 11.6. The molecule has 1 aliphatic rings. The highest BCUT2D eigenvalue weighted by Crippen LogP contribution is 2.33. The number of hydrogen-bond acceptors (Lipinski definition) is 4. The first kappa shape index (κ1) is 25.5. The van der Waals surface area contributed by atoms with Crippen molar-refractivity contribution < 1.29 is 18.0 Å². The van der Waals surface area contributed by atoms with Gasteiger partial charge in [-0.25, -0.2) is 13.3 Å². The van der Waals surface area contributed by atoms with Crippen LogP contribution in [0, 0.1) is 6.92 Å². The molecule has 37 heavy (non-hydrogen) atoms. The number of nitrogens with zero attached hydrogens (tertiary/aromatic N) is 2. The van der Waals surface area contributed by atoms with Gasteiger partial charge in [-0.2, -0.15) is 4.31 Å². The SMILES string of the molecule is Cc1ccc(N2C(=O)CC(N(CCc3c[nH]c4ccccc34)S(=O)(=O)c3cc(Cl)ccc3Cl)C2=O)cc1. The molecule has 0 radical (unpaired) electrons. The molecule has 1 fully saturated rings. The van der Waals surface area contributed by atoms with E-state index in [0.29, 0.717) is 12.1 Å². The van der Waals surface area contributed by atoms with Crippen molar-refractivity contribution in [2.75, 3.05) is 11.4 Å². The lowest BCUT2D eigenvalue weighted by atomic mass is 10.1. The van der Waals surface area contributed by atoms with Gasteiger partial charge < -0.3 is 4.98 Å². The number of para-hydroxylation sites is 1. The number of imide groups is 1. The van der Waals surface area contributed by atoms with E-state index < -0.39 is 27.9 Å². The van der Waals surface area contributed by atoms with Crippen LogP contribution in [0.2, 0.25) is 10.0 Å². The third-order valence-electron chi connectivity index (χ3n) is 6.52. The molecular weight excluding hydrogens is 533 g/mol. The molecule has 4 aromatic rings. The quantitative estimate of drug-likeness (QED) is 0.311. The standard InChI is InChI=1S/C27H23Cl2N3O4S/c1-17-6-9-20(10-7-17)32-26(33)15-24(27(32)34)31(37(35,36)25-14-19(28)8-11-22(25)29)13-12-18-16-30-23-5-3-2-4-21(18)23/h2-11,14,16,24,30H,12-13,15H2,1H3. The van der Waals surface area contributed by atoms with Gasteiger partial charge in [0.1, 0.15) is 10.9 Å². The molecule has 7 nitrogen and oxygen atoms in total. The van der Waals surface area contributed by atoms with Crippen LogP contribution in [0.5, 0.6) is 0 Å². The number of aryl methyl sites for hydroxylation is 1. The average molecular weight is 556 g/mol. The fraction of sp³-hybridized carbons (Fsp3) is 0.185. The van der Waals surface area contributed by atoms with Gasteiger partial charge >= 0.3 is 0 Å². The zero-order valence-electron chi connectivity index (χ0n) is 19.8. The third-order valence-corrected chi connectivity index (χ3v) is 9.14. The van der Waals surface area contributed by atoms with E-state index in [1.54, 1.807) is 24.3 Å². The number of H-pyrrole nitrogens is 1. The zero-order chi connectivity index (χ0) is 26.3. The number of hydrogen-bond donors (Lipinski definition) is 1. The topological polar surface area (TPSA) is 90.6 Å². The van der Waals surface area contributed by atoms with Crippen LogP contribution in [0.4, 0.5) is 5.69 Å². The van der Waals surface area contributed by atoms with Crippen LogP contribution >= 0.6 is 23.2 Å². The van der Waals surface area contributed by atoms with Crippen molar-refractivity contribution in [1.29, 1.82) is 0 Å². The minimum Gasteiger partial charge on any atom is -0.361 e. The molecule has 0 spiro atoms. The Balaban J connectivity index is 1.54. The second-order valence-corrected chi connectivity index (χ2v) is 11.6. The Hall–Kier alpha value is -3.17. The summed E-state index contributed by atoms with van der Waals surface area (Å²) >= 11 is 12.4. The third kappa shape index (κ3) is 4.78. The highest BCUT2D eigenvalue weighted by atomic mass is 35.5. The summed E-state index contributed by atoms with van der Waals surface area (Å²) in [4.78, 5) is 30.6. The van der Waals surface area contributed by atoms with E-state index in [9.17, 15) is 18.0 Å². The molecule has 1 atom stereocenters. The van der Waals surface area contributed by atoms with Crippen LogP contribution in [0.15, 0.2) is 77.8 Å². The van der Waals surface area contributed by atoms with Gasteiger partial charge in [0, 0.05) is 28.7 Å². The van der Waals surface area contributed by atoms with Crippen LogP contribution in [0.3, 0.4) is 0 Å². The van der Waals surface area contributed by atoms with Gasteiger partial charge in [0.25, 0.3) is 5.91 Å². The first-order valence-corrected chi connectivity index (χ1v) is 13.8. The first-order chi connectivity index (χ1) is 17.7. The van der Waals surface area contributed by atoms with E-state index in [1.165, 1.54) is 18.2 Å². The van der Waals surface area contributed by atoms with E-state index in [4.69, 9.17) is 23.2 Å². The average Bonchev–Trinajstić information content (AvgIpc) is 3.41. The molecule has 1 aromatic heterocycles. The summed E-state index contributed by atoms with van der Waals surface area (Å²) < 4.78 is 29.0. The van der Waals surface area contributed by atoms with Crippen molar-refractivity contribution in [1.82, 2.24) is 9.29 Å². The predicted molar refractivity (Wildman–Crippen MR) is 144 cm³/mol. The Morgan fingerprint density at radius 1 is 1.03 bits per heavy atom. The molecule has 3 aromatic carbocycles. The summed E-state index contributed by atoms with van der Waals surface area (Å²) in [5.74, 6) is -1.07. The van der Waals surface area contributed by atoms with Gasteiger partial charge in [0.05, 0.1) is 17.1 Å².